The predicted molar refractivity (Wildman–Crippen MR) is 102 cm³/mol. The molecule has 0 bridgehead atoms. The van der Waals surface area contributed by atoms with Crippen LogP contribution in [-0.2, 0) is 0 Å². The average Bonchev–Trinajstić information content (AvgIpc) is 3.12. The third-order valence-corrected chi connectivity index (χ3v) is 4.42. The van der Waals surface area contributed by atoms with Crippen molar-refractivity contribution in [1.82, 2.24) is 18.9 Å². The summed E-state index contributed by atoms with van der Waals surface area (Å²) in [4.78, 5) is 23.9. The normalized spacial score (nSPS) is 11.2. The highest BCUT2D eigenvalue weighted by atomic mass is 32.2. The number of ether oxygens (including phenoxy) is 1. The Balaban J connectivity index is 1.95. The van der Waals surface area contributed by atoms with Crippen LogP contribution in [0.5, 0.6) is 11.6 Å². The SMILES string of the molecule is O=Cc1cn(SF)c2nc(-c3cccc(C(F)F)n3)nc(Oc3ccccc3)c12. The van der Waals surface area contributed by atoms with Gasteiger partial charge in [-0.25, -0.2) is 22.7 Å². The number of halogens is 3. The fraction of sp³-hybridized carbons (Fsp3) is 0.0526. The summed E-state index contributed by atoms with van der Waals surface area (Å²) in [6.07, 6.45) is -0.988. The van der Waals surface area contributed by atoms with Crippen molar-refractivity contribution >= 4 is 29.7 Å². The molecule has 6 nitrogen and oxygen atoms in total. The van der Waals surface area contributed by atoms with Crippen LogP contribution in [0.15, 0.2) is 54.7 Å². The molecule has 10 heteroatoms. The molecule has 0 saturated carbocycles. The number of hydrogen-bond acceptors (Lipinski definition) is 6. The molecule has 29 heavy (non-hydrogen) atoms. The van der Waals surface area contributed by atoms with Gasteiger partial charge in [0.2, 0.25) is 5.88 Å². The minimum atomic E-state index is -2.77. The number of fused-ring (bicyclic) bond motifs is 1. The molecule has 0 aliphatic rings. The zero-order chi connectivity index (χ0) is 20.4. The van der Waals surface area contributed by atoms with Gasteiger partial charge in [0.1, 0.15) is 17.1 Å². The van der Waals surface area contributed by atoms with Gasteiger partial charge in [-0.1, -0.05) is 24.3 Å². The number of para-hydroxylation sites is 1. The molecule has 0 aliphatic heterocycles. The maximum absolute atomic E-state index is 13.4. The molecule has 0 aliphatic carbocycles. The lowest BCUT2D eigenvalue weighted by Crippen LogP contribution is -2.00. The lowest BCUT2D eigenvalue weighted by Gasteiger charge is -2.09. The molecule has 0 fully saturated rings. The van der Waals surface area contributed by atoms with Gasteiger partial charge in [-0.3, -0.25) is 4.79 Å². The molecule has 0 atom stereocenters. The van der Waals surface area contributed by atoms with Crippen molar-refractivity contribution in [1.29, 1.82) is 0 Å². The van der Waals surface area contributed by atoms with Gasteiger partial charge in [-0.15, -0.1) is 3.89 Å². The maximum Gasteiger partial charge on any atom is 0.280 e. The van der Waals surface area contributed by atoms with Gasteiger partial charge in [0.25, 0.3) is 6.43 Å². The van der Waals surface area contributed by atoms with E-state index >= 15 is 0 Å². The zero-order valence-electron chi connectivity index (χ0n) is 14.5. The molecule has 0 saturated heterocycles. The van der Waals surface area contributed by atoms with Crippen molar-refractivity contribution in [3.63, 3.8) is 0 Å². The Bertz CT molecular complexity index is 1190. The van der Waals surface area contributed by atoms with Crippen LogP contribution in [0.25, 0.3) is 22.6 Å². The number of nitrogens with zero attached hydrogens (tertiary/aromatic N) is 4. The van der Waals surface area contributed by atoms with Gasteiger partial charge in [0, 0.05) is 11.8 Å². The second kappa shape index (κ2) is 7.92. The Kier molecular flexibility index (Phi) is 5.17. The van der Waals surface area contributed by atoms with Crippen LogP contribution in [0.1, 0.15) is 22.5 Å². The first-order valence-electron chi connectivity index (χ1n) is 8.26. The van der Waals surface area contributed by atoms with Gasteiger partial charge in [0.05, 0.1) is 5.39 Å². The second-order valence-electron chi connectivity index (χ2n) is 5.81. The van der Waals surface area contributed by atoms with Crippen LogP contribution in [0.4, 0.5) is 12.7 Å². The number of rotatable bonds is 6. The Morgan fingerprint density at radius 2 is 1.83 bits per heavy atom. The van der Waals surface area contributed by atoms with Crippen LogP contribution in [0.3, 0.4) is 0 Å². The van der Waals surface area contributed by atoms with E-state index in [2.05, 4.69) is 15.0 Å². The Labute approximate surface area is 166 Å². The summed E-state index contributed by atoms with van der Waals surface area (Å²) in [5.74, 6) is 0.359. The fourth-order valence-electron chi connectivity index (χ4n) is 2.72. The minimum absolute atomic E-state index is 0.0182. The predicted octanol–water partition coefficient (Wildman–Crippen LogP) is 5.42. The molecular weight excluding hydrogens is 405 g/mol. The lowest BCUT2D eigenvalue weighted by atomic mass is 10.2. The molecule has 0 radical (unpaired) electrons. The van der Waals surface area contributed by atoms with E-state index in [1.54, 1.807) is 30.3 Å². The molecule has 4 rings (SSSR count). The Hall–Kier alpha value is -3.40. The first-order chi connectivity index (χ1) is 14.1. The van der Waals surface area contributed by atoms with Gasteiger partial charge in [0.15, 0.2) is 30.1 Å². The van der Waals surface area contributed by atoms with E-state index in [4.69, 9.17) is 4.74 Å². The smallest absolute Gasteiger partial charge is 0.280 e. The van der Waals surface area contributed by atoms with E-state index in [0.717, 1.165) is 3.97 Å². The molecule has 0 unspecified atom stereocenters. The summed E-state index contributed by atoms with van der Waals surface area (Å²) >= 11 is -0.167. The van der Waals surface area contributed by atoms with Crippen LogP contribution in [0.2, 0.25) is 0 Å². The molecule has 3 heterocycles. The first kappa shape index (κ1) is 18.9. The summed E-state index contributed by atoms with van der Waals surface area (Å²) in [6, 6.07) is 12.6. The number of alkyl halides is 2. The molecule has 3 aromatic heterocycles. The second-order valence-corrected chi connectivity index (χ2v) is 6.34. The molecule has 0 spiro atoms. The highest BCUT2D eigenvalue weighted by Gasteiger charge is 2.21. The van der Waals surface area contributed by atoms with Crippen molar-refractivity contribution in [2.45, 2.75) is 6.43 Å². The van der Waals surface area contributed by atoms with Crippen LogP contribution >= 0.6 is 12.3 Å². The van der Waals surface area contributed by atoms with E-state index in [1.165, 1.54) is 24.4 Å². The average molecular weight is 416 g/mol. The summed E-state index contributed by atoms with van der Waals surface area (Å²) < 4.78 is 46.3. The topological polar surface area (TPSA) is 69.9 Å². The van der Waals surface area contributed by atoms with Crippen molar-refractivity contribution in [2.24, 2.45) is 0 Å². The molecular formula is C19H11F3N4O2S. The van der Waals surface area contributed by atoms with Gasteiger partial charge < -0.3 is 4.74 Å². The number of aldehydes is 1. The molecule has 1 aromatic carbocycles. The highest BCUT2D eigenvalue weighted by Crippen LogP contribution is 2.34. The highest BCUT2D eigenvalue weighted by molar-refractivity contribution is 7.92. The van der Waals surface area contributed by atoms with E-state index in [0.29, 0.717) is 12.0 Å². The number of carbonyl (C=O) groups excluding carboxylic acids is 1. The lowest BCUT2D eigenvalue weighted by molar-refractivity contribution is 0.112. The fourth-order valence-corrected chi connectivity index (χ4v) is 3.07. The van der Waals surface area contributed by atoms with Crippen LogP contribution < -0.4 is 4.74 Å². The molecule has 0 N–H and O–H groups in total. The van der Waals surface area contributed by atoms with Crippen molar-refractivity contribution < 1.29 is 22.2 Å². The molecule has 146 valence electrons. The van der Waals surface area contributed by atoms with Gasteiger partial charge in [-0.05, 0) is 24.3 Å². The van der Waals surface area contributed by atoms with E-state index in [-0.39, 0.29) is 46.3 Å². The quantitative estimate of drug-likeness (QED) is 0.391. The van der Waals surface area contributed by atoms with Crippen LogP contribution in [0, 0.1) is 0 Å². The number of benzene rings is 1. The number of pyridine rings is 1. The van der Waals surface area contributed by atoms with Crippen molar-refractivity contribution in [2.75, 3.05) is 0 Å². The summed E-state index contributed by atoms with van der Waals surface area (Å²) in [5, 5.41) is 0.197. The van der Waals surface area contributed by atoms with E-state index in [1.807, 2.05) is 0 Å². The summed E-state index contributed by atoms with van der Waals surface area (Å²) in [5.41, 5.74) is -0.205. The molecule has 4 aromatic rings. The Morgan fingerprint density at radius 1 is 1.03 bits per heavy atom. The third-order valence-electron chi connectivity index (χ3n) is 3.99. The first-order valence-corrected chi connectivity index (χ1v) is 8.94. The largest absolute Gasteiger partial charge is 0.438 e. The zero-order valence-corrected chi connectivity index (χ0v) is 15.3. The number of hydrogen-bond donors (Lipinski definition) is 0. The van der Waals surface area contributed by atoms with Crippen molar-refractivity contribution in [3.8, 4) is 23.1 Å². The number of carbonyl (C=O) groups is 1. The standard InChI is InChI=1S/C19H11F3N4O2S/c20-16(21)13-7-4-8-14(23-13)17-24-18-15(11(10-27)9-26(18)29-22)19(25-17)28-12-5-2-1-3-6-12/h1-10,16H. The maximum atomic E-state index is 13.4. The monoisotopic (exact) mass is 416 g/mol. The van der Waals surface area contributed by atoms with Crippen molar-refractivity contribution in [3.05, 3.63) is 66.0 Å². The summed E-state index contributed by atoms with van der Waals surface area (Å²) in [7, 11) is 0. The van der Waals surface area contributed by atoms with Gasteiger partial charge in [-0.2, -0.15) is 4.98 Å². The van der Waals surface area contributed by atoms with Crippen LogP contribution in [-0.4, -0.2) is 25.2 Å². The summed E-state index contributed by atoms with van der Waals surface area (Å²) in [6.45, 7) is 0. The molecule has 0 amide bonds. The minimum Gasteiger partial charge on any atom is -0.438 e. The number of aromatic nitrogens is 4. The Morgan fingerprint density at radius 3 is 2.52 bits per heavy atom. The third kappa shape index (κ3) is 3.66. The van der Waals surface area contributed by atoms with E-state index < -0.39 is 12.1 Å². The van der Waals surface area contributed by atoms with E-state index in [9.17, 15) is 17.5 Å². The van der Waals surface area contributed by atoms with Gasteiger partial charge >= 0.3 is 0 Å².